The summed E-state index contributed by atoms with van der Waals surface area (Å²) in [6.07, 6.45) is 2.71. The number of hydrogen-bond donors (Lipinski definition) is 1. The molecule has 17 heavy (non-hydrogen) atoms. The third-order valence-corrected chi connectivity index (χ3v) is 3.70. The van der Waals surface area contributed by atoms with Crippen molar-refractivity contribution in [2.75, 3.05) is 6.54 Å². The molecule has 0 bridgehead atoms. The third kappa shape index (κ3) is 4.09. The molecule has 1 N–H and O–H groups in total. The van der Waals surface area contributed by atoms with Crippen LogP contribution in [0.25, 0.3) is 0 Å². The molecule has 0 amide bonds. The molecule has 94 valence electrons. The van der Waals surface area contributed by atoms with Gasteiger partial charge in [0.15, 0.2) is 0 Å². The largest absolute Gasteiger partial charge is 0.371 e. The van der Waals surface area contributed by atoms with Gasteiger partial charge in [-0.05, 0) is 44.4 Å². The lowest BCUT2D eigenvalue weighted by Crippen LogP contribution is -2.29. The molecule has 1 unspecified atom stereocenters. The molecule has 1 aliphatic heterocycles. The first-order valence-electron chi connectivity index (χ1n) is 6.18. The third-order valence-electron chi connectivity index (χ3n) is 3.17. The summed E-state index contributed by atoms with van der Waals surface area (Å²) in [5.41, 5.74) is 1.38. The van der Waals surface area contributed by atoms with Crippen LogP contribution in [0.15, 0.2) is 28.7 Å². The van der Waals surface area contributed by atoms with Crippen LogP contribution in [0.4, 0.5) is 0 Å². The zero-order valence-corrected chi connectivity index (χ0v) is 12.1. The van der Waals surface area contributed by atoms with Crippen molar-refractivity contribution < 1.29 is 4.74 Å². The van der Waals surface area contributed by atoms with Gasteiger partial charge in [-0.25, -0.2) is 0 Å². The summed E-state index contributed by atoms with van der Waals surface area (Å²) in [6.45, 7) is 6.19. The molecule has 3 heteroatoms. The molecular weight excluding hydrogens is 278 g/mol. The Kier molecular flexibility index (Phi) is 4.23. The van der Waals surface area contributed by atoms with Gasteiger partial charge in [-0.1, -0.05) is 28.1 Å². The van der Waals surface area contributed by atoms with Gasteiger partial charge in [-0.2, -0.15) is 0 Å². The van der Waals surface area contributed by atoms with Gasteiger partial charge in [-0.3, -0.25) is 0 Å². The molecule has 1 atom stereocenters. The van der Waals surface area contributed by atoms with Gasteiger partial charge < -0.3 is 10.1 Å². The molecule has 2 rings (SSSR count). The van der Waals surface area contributed by atoms with E-state index in [-0.39, 0.29) is 5.60 Å². The number of halogens is 1. The first kappa shape index (κ1) is 13.1. The van der Waals surface area contributed by atoms with Gasteiger partial charge in [0.2, 0.25) is 0 Å². The summed E-state index contributed by atoms with van der Waals surface area (Å²) in [5.74, 6) is 0. The van der Waals surface area contributed by atoms with Crippen molar-refractivity contribution in [1.29, 1.82) is 0 Å². The predicted molar refractivity (Wildman–Crippen MR) is 74.0 cm³/mol. The Labute approximate surface area is 112 Å². The second kappa shape index (κ2) is 5.51. The highest BCUT2D eigenvalue weighted by Crippen LogP contribution is 2.28. The van der Waals surface area contributed by atoms with Crippen LogP contribution in [0, 0.1) is 0 Å². The Morgan fingerprint density at radius 2 is 2.06 bits per heavy atom. The minimum absolute atomic E-state index is 0.0734. The lowest BCUT2D eigenvalue weighted by molar-refractivity contribution is -0.0142. The van der Waals surface area contributed by atoms with Crippen LogP contribution in [0.5, 0.6) is 0 Å². The smallest absolute Gasteiger partial charge is 0.0707 e. The summed E-state index contributed by atoms with van der Waals surface area (Å²) in [7, 11) is 0. The predicted octanol–water partition coefficient (Wildman–Crippen LogP) is 3.50. The topological polar surface area (TPSA) is 21.3 Å². The number of benzene rings is 1. The van der Waals surface area contributed by atoms with E-state index in [0.717, 1.165) is 24.0 Å². The van der Waals surface area contributed by atoms with E-state index in [9.17, 15) is 0 Å². The fourth-order valence-electron chi connectivity index (χ4n) is 2.20. The molecule has 2 nitrogen and oxygen atoms in total. The molecule has 1 aliphatic rings. The van der Waals surface area contributed by atoms with Crippen LogP contribution in [0.2, 0.25) is 0 Å². The van der Waals surface area contributed by atoms with Crippen molar-refractivity contribution in [2.24, 2.45) is 0 Å². The second-order valence-electron chi connectivity index (χ2n) is 5.30. The fourth-order valence-corrected chi connectivity index (χ4v) is 2.47. The summed E-state index contributed by atoms with van der Waals surface area (Å²) in [5, 5.41) is 3.46. The SMILES string of the molecule is CC1(C)CCC(CNCc2ccc(Br)cc2)O1. The molecule has 0 aliphatic carbocycles. The van der Waals surface area contributed by atoms with Crippen LogP contribution in [-0.4, -0.2) is 18.2 Å². The van der Waals surface area contributed by atoms with E-state index in [4.69, 9.17) is 4.74 Å². The highest BCUT2D eigenvalue weighted by molar-refractivity contribution is 9.10. The van der Waals surface area contributed by atoms with Crippen LogP contribution < -0.4 is 5.32 Å². The summed E-state index contributed by atoms with van der Waals surface area (Å²) in [4.78, 5) is 0. The Bertz CT molecular complexity index is 361. The molecule has 0 aromatic heterocycles. The van der Waals surface area contributed by atoms with Crippen molar-refractivity contribution in [2.45, 2.75) is 44.9 Å². The van der Waals surface area contributed by atoms with E-state index in [0.29, 0.717) is 6.10 Å². The van der Waals surface area contributed by atoms with E-state index in [2.05, 4.69) is 59.4 Å². The van der Waals surface area contributed by atoms with Crippen molar-refractivity contribution >= 4 is 15.9 Å². The Hall–Kier alpha value is -0.380. The van der Waals surface area contributed by atoms with Crippen molar-refractivity contribution in [3.05, 3.63) is 34.3 Å². The monoisotopic (exact) mass is 297 g/mol. The summed E-state index contributed by atoms with van der Waals surface area (Å²) >= 11 is 3.44. The van der Waals surface area contributed by atoms with Crippen LogP contribution in [0.3, 0.4) is 0 Å². The lowest BCUT2D eigenvalue weighted by atomic mass is 10.1. The molecule has 1 heterocycles. The average Bonchev–Trinajstić information content (AvgIpc) is 2.61. The van der Waals surface area contributed by atoms with E-state index in [1.54, 1.807) is 0 Å². The number of ether oxygens (including phenoxy) is 1. The van der Waals surface area contributed by atoms with Crippen molar-refractivity contribution in [3.63, 3.8) is 0 Å². The molecule has 0 radical (unpaired) electrons. The number of hydrogen-bond acceptors (Lipinski definition) is 2. The molecular formula is C14H20BrNO. The fraction of sp³-hybridized carbons (Fsp3) is 0.571. The molecule has 1 aromatic rings. The van der Waals surface area contributed by atoms with Crippen LogP contribution in [-0.2, 0) is 11.3 Å². The molecule has 1 aromatic carbocycles. The number of rotatable bonds is 4. The zero-order chi connectivity index (χ0) is 12.3. The Balaban J connectivity index is 1.71. The molecule has 1 saturated heterocycles. The van der Waals surface area contributed by atoms with Gasteiger partial charge in [-0.15, -0.1) is 0 Å². The number of nitrogens with one attached hydrogen (secondary N) is 1. The molecule has 0 spiro atoms. The second-order valence-corrected chi connectivity index (χ2v) is 6.21. The van der Waals surface area contributed by atoms with Gasteiger partial charge in [0.1, 0.15) is 0 Å². The maximum atomic E-state index is 5.94. The maximum absolute atomic E-state index is 5.94. The Morgan fingerprint density at radius 3 is 2.65 bits per heavy atom. The highest BCUT2D eigenvalue weighted by atomic mass is 79.9. The normalized spacial score (nSPS) is 22.9. The molecule has 0 saturated carbocycles. The van der Waals surface area contributed by atoms with E-state index >= 15 is 0 Å². The highest BCUT2D eigenvalue weighted by Gasteiger charge is 2.30. The summed E-state index contributed by atoms with van der Waals surface area (Å²) < 4.78 is 7.06. The van der Waals surface area contributed by atoms with Gasteiger partial charge >= 0.3 is 0 Å². The van der Waals surface area contributed by atoms with Crippen LogP contribution >= 0.6 is 15.9 Å². The molecule has 1 fully saturated rings. The quantitative estimate of drug-likeness (QED) is 0.918. The van der Waals surface area contributed by atoms with E-state index in [1.807, 2.05) is 0 Å². The summed E-state index contributed by atoms with van der Waals surface area (Å²) in [6, 6.07) is 8.42. The zero-order valence-electron chi connectivity index (χ0n) is 10.5. The van der Waals surface area contributed by atoms with Crippen molar-refractivity contribution in [1.82, 2.24) is 5.32 Å². The van der Waals surface area contributed by atoms with Gasteiger partial charge in [0.25, 0.3) is 0 Å². The minimum Gasteiger partial charge on any atom is -0.371 e. The Morgan fingerprint density at radius 1 is 1.35 bits per heavy atom. The first-order valence-corrected chi connectivity index (χ1v) is 6.97. The lowest BCUT2D eigenvalue weighted by Gasteiger charge is -2.19. The first-order chi connectivity index (χ1) is 8.05. The maximum Gasteiger partial charge on any atom is 0.0707 e. The van der Waals surface area contributed by atoms with Gasteiger partial charge in [0.05, 0.1) is 11.7 Å². The standard InChI is InChI=1S/C14H20BrNO/c1-14(2)8-7-13(17-14)10-16-9-11-3-5-12(15)6-4-11/h3-6,13,16H,7-10H2,1-2H3. The van der Waals surface area contributed by atoms with Gasteiger partial charge in [0, 0.05) is 17.6 Å². The minimum atomic E-state index is 0.0734. The average molecular weight is 298 g/mol. The van der Waals surface area contributed by atoms with Crippen LogP contribution in [0.1, 0.15) is 32.3 Å². The van der Waals surface area contributed by atoms with E-state index < -0.39 is 0 Å². The van der Waals surface area contributed by atoms with Crippen molar-refractivity contribution in [3.8, 4) is 0 Å². The van der Waals surface area contributed by atoms with E-state index in [1.165, 1.54) is 12.0 Å².